The van der Waals surface area contributed by atoms with E-state index in [0.29, 0.717) is 11.6 Å². The molecule has 1 aromatic heterocycles. The molecule has 2 aliphatic rings. The van der Waals surface area contributed by atoms with Gasteiger partial charge in [0.15, 0.2) is 5.82 Å². The van der Waals surface area contributed by atoms with E-state index in [-0.39, 0.29) is 25.4 Å². The second-order valence-corrected chi connectivity index (χ2v) is 12.9. The Morgan fingerprint density at radius 3 is 2.17 bits per heavy atom. The SMILES string of the molecule is CCC1CCC([C@@H]2CC=C(c3cnc(-c4ccc(CN(CC(=O)O)C(=O)CNC(=O)Cc5ccc(OC)cc5)cc4)nc3)CC2)CC1. The maximum absolute atomic E-state index is 12.9. The molecule has 2 aliphatic carbocycles. The molecule has 2 amide bonds. The van der Waals surface area contributed by atoms with Crippen LogP contribution in [0.25, 0.3) is 17.0 Å². The first-order valence-corrected chi connectivity index (χ1v) is 16.8. The first-order valence-electron chi connectivity index (χ1n) is 16.8. The molecule has 5 rings (SSSR count). The van der Waals surface area contributed by atoms with Crippen LogP contribution < -0.4 is 10.1 Å². The predicted molar refractivity (Wildman–Crippen MR) is 181 cm³/mol. The minimum absolute atomic E-state index is 0.0920. The van der Waals surface area contributed by atoms with Crippen LogP contribution in [0.4, 0.5) is 0 Å². The molecule has 9 nitrogen and oxygen atoms in total. The molecule has 248 valence electrons. The van der Waals surface area contributed by atoms with Crippen molar-refractivity contribution in [3.63, 3.8) is 0 Å². The van der Waals surface area contributed by atoms with E-state index in [9.17, 15) is 19.5 Å². The summed E-state index contributed by atoms with van der Waals surface area (Å²) < 4.78 is 5.13. The van der Waals surface area contributed by atoms with Gasteiger partial charge in [0.1, 0.15) is 12.3 Å². The Morgan fingerprint density at radius 1 is 0.894 bits per heavy atom. The predicted octanol–water partition coefficient (Wildman–Crippen LogP) is 6.32. The van der Waals surface area contributed by atoms with Gasteiger partial charge in [0.25, 0.3) is 0 Å². The van der Waals surface area contributed by atoms with Crippen LogP contribution in [0.3, 0.4) is 0 Å². The molecule has 2 N–H and O–H groups in total. The van der Waals surface area contributed by atoms with E-state index in [1.165, 1.54) is 49.0 Å². The number of methoxy groups -OCH3 is 1. The van der Waals surface area contributed by atoms with Crippen LogP contribution in [0, 0.1) is 17.8 Å². The van der Waals surface area contributed by atoms with Crippen molar-refractivity contribution in [1.29, 1.82) is 0 Å². The number of carbonyl (C=O) groups is 3. The summed E-state index contributed by atoms with van der Waals surface area (Å²) in [5.41, 5.74) is 4.79. The number of allylic oxidation sites excluding steroid dienone is 2. The van der Waals surface area contributed by atoms with Crippen molar-refractivity contribution < 1.29 is 24.2 Å². The van der Waals surface area contributed by atoms with Gasteiger partial charge in [-0.1, -0.05) is 68.7 Å². The lowest BCUT2D eigenvalue weighted by molar-refractivity contribution is -0.144. The second-order valence-electron chi connectivity index (χ2n) is 12.9. The molecule has 47 heavy (non-hydrogen) atoms. The topological polar surface area (TPSA) is 122 Å². The lowest BCUT2D eigenvalue weighted by Gasteiger charge is -2.35. The van der Waals surface area contributed by atoms with Gasteiger partial charge in [-0.3, -0.25) is 14.4 Å². The Hall–Kier alpha value is -4.53. The van der Waals surface area contributed by atoms with E-state index in [2.05, 4.69) is 28.3 Å². The fourth-order valence-electron chi connectivity index (χ4n) is 6.91. The molecular formula is C38H46N4O5. The molecule has 1 atom stereocenters. The third-order valence-electron chi connectivity index (χ3n) is 9.83. The Morgan fingerprint density at radius 2 is 1.57 bits per heavy atom. The highest BCUT2D eigenvalue weighted by atomic mass is 16.5. The van der Waals surface area contributed by atoms with Crippen LogP contribution >= 0.6 is 0 Å². The van der Waals surface area contributed by atoms with E-state index >= 15 is 0 Å². The van der Waals surface area contributed by atoms with Gasteiger partial charge in [0.05, 0.1) is 20.1 Å². The molecule has 1 saturated carbocycles. The fourth-order valence-corrected chi connectivity index (χ4v) is 6.91. The van der Waals surface area contributed by atoms with Crippen molar-refractivity contribution in [3.8, 4) is 17.1 Å². The summed E-state index contributed by atoms with van der Waals surface area (Å²) in [5, 5.41) is 12.0. The number of carboxylic acids is 1. The van der Waals surface area contributed by atoms with Gasteiger partial charge in [-0.15, -0.1) is 0 Å². The van der Waals surface area contributed by atoms with Gasteiger partial charge in [0, 0.05) is 30.1 Å². The maximum atomic E-state index is 12.9. The van der Waals surface area contributed by atoms with Crippen LogP contribution in [-0.2, 0) is 27.3 Å². The largest absolute Gasteiger partial charge is 0.497 e. The molecule has 9 heteroatoms. The van der Waals surface area contributed by atoms with Crippen molar-refractivity contribution >= 4 is 23.4 Å². The van der Waals surface area contributed by atoms with E-state index in [1.807, 2.05) is 36.7 Å². The molecule has 0 aliphatic heterocycles. The highest BCUT2D eigenvalue weighted by Crippen LogP contribution is 2.41. The van der Waals surface area contributed by atoms with Crippen molar-refractivity contribution in [3.05, 3.63) is 83.7 Å². The molecule has 1 heterocycles. The van der Waals surface area contributed by atoms with Gasteiger partial charge in [-0.05, 0) is 78.7 Å². The standard InChI is InChI=1S/C38H46N4O5/c1-3-26-4-10-29(11-5-26)30-14-16-31(17-15-30)33-21-40-38(41-22-33)32-12-6-28(7-13-32)24-42(25-37(45)46)36(44)23-39-35(43)20-27-8-18-34(47-2)19-9-27/h6-9,12-13,16,18-19,21-22,26,29-30H,3-5,10-11,14-15,17,20,23-25H2,1-2H3,(H,39,43)(H,45,46)/t26?,29?,30-/m1/s1. The van der Waals surface area contributed by atoms with Crippen molar-refractivity contribution in [1.82, 2.24) is 20.2 Å². The number of carbonyl (C=O) groups excluding carboxylic acids is 2. The number of aromatic nitrogens is 2. The Bertz CT molecular complexity index is 1530. The van der Waals surface area contributed by atoms with Crippen molar-refractivity contribution in [2.24, 2.45) is 17.8 Å². The van der Waals surface area contributed by atoms with Crippen LogP contribution in [-0.4, -0.2) is 58.0 Å². The second kappa shape index (κ2) is 16.3. The van der Waals surface area contributed by atoms with Crippen molar-refractivity contribution in [2.75, 3.05) is 20.2 Å². The van der Waals surface area contributed by atoms with E-state index < -0.39 is 18.4 Å². The zero-order valence-corrected chi connectivity index (χ0v) is 27.5. The Kier molecular flexibility index (Phi) is 11.8. The highest BCUT2D eigenvalue weighted by Gasteiger charge is 2.28. The molecule has 0 bridgehead atoms. The summed E-state index contributed by atoms with van der Waals surface area (Å²) in [6, 6.07) is 14.5. The first kappa shape index (κ1) is 33.8. The van der Waals surface area contributed by atoms with Gasteiger partial charge in [-0.2, -0.15) is 0 Å². The van der Waals surface area contributed by atoms with E-state index in [4.69, 9.17) is 4.74 Å². The zero-order valence-electron chi connectivity index (χ0n) is 27.5. The summed E-state index contributed by atoms with van der Waals surface area (Å²) in [4.78, 5) is 47.3. The third kappa shape index (κ3) is 9.50. The highest BCUT2D eigenvalue weighted by molar-refractivity contribution is 5.87. The molecule has 0 unspecified atom stereocenters. The molecule has 0 spiro atoms. The number of amides is 2. The average Bonchev–Trinajstić information content (AvgIpc) is 3.11. The van der Waals surface area contributed by atoms with Crippen LogP contribution in [0.1, 0.15) is 75.0 Å². The summed E-state index contributed by atoms with van der Waals surface area (Å²) in [6.07, 6.45) is 16.7. The van der Waals surface area contributed by atoms with Gasteiger partial charge >= 0.3 is 5.97 Å². The number of benzene rings is 2. The lowest BCUT2D eigenvalue weighted by Crippen LogP contribution is -2.42. The first-order chi connectivity index (χ1) is 22.8. The van der Waals surface area contributed by atoms with Gasteiger partial charge in [0.2, 0.25) is 11.8 Å². The monoisotopic (exact) mass is 638 g/mol. The zero-order chi connectivity index (χ0) is 33.2. The van der Waals surface area contributed by atoms with Gasteiger partial charge < -0.3 is 20.1 Å². The number of rotatable bonds is 13. The minimum Gasteiger partial charge on any atom is -0.497 e. The number of nitrogens with zero attached hydrogens (tertiary/aromatic N) is 3. The molecule has 0 radical (unpaired) electrons. The third-order valence-corrected chi connectivity index (χ3v) is 9.83. The van der Waals surface area contributed by atoms with Crippen LogP contribution in [0.5, 0.6) is 5.75 Å². The molecule has 2 aromatic carbocycles. The fraction of sp³-hybridized carbons (Fsp3) is 0.447. The summed E-state index contributed by atoms with van der Waals surface area (Å²) in [7, 11) is 1.57. The number of carboxylic acid groups (broad SMARTS) is 1. The average molecular weight is 639 g/mol. The molecule has 1 fully saturated rings. The summed E-state index contributed by atoms with van der Waals surface area (Å²) >= 11 is 0. The quantitative estimate of drug-likeness (QED) is 0.225. The lowest BCUT2D eigenvalue weighted by atomic mass is 9.71. The summed E-state index contributed by atoms with van der Waals surface area (Å²) in [6.45, 7) is 1.65. The minimum atomic E-state index is -1.13. The summed E-state index contributed by atoms with van der Waals surface area (Å²) in [5.74, 6) is 1.98. The van der Waals surface area contributed by atoms with Crippen molar-refractivity contribution in [2.45, 2.75) is 71.3 Å². The Balaban J connectivity index is 1.13. The molecular weight excluding hydrogens is 592 g/mol. The van der Waals surface area contributed by atoms with Crippen LogP contribution in [0.2, 0.25) is 0 Å². The maximum Gasteiger partial charge on any atom is 0.323 e. The van der Waals surface area contributed by atoms with E-state index in [0.717, 1.165) is 52.8 Å². The molecule has 0 saturated heterocycles. The van der Waals surface area contributed by atoms with Crippen LogP contribution in [0.15, 0.2) is 67.0 Å². The number of hydrogen-bond acceptors (Lipinski definition) is 6. The van der Waals surface area contributed by atoms with E-state index in [1.54, 1.807) is 31.4 Å². The smallest absolute Gasteiger partial charge is 0.323 e. The number of ether oxygens (including phenoxy) is 1. The van der Waals surface area contributed by atoms with Gasteiger partial charge in [-0.25, -0.2) is 9.97 Å². The number of hydrogen-bond donors (Lipinski definition) is 2. The number of nitrogens with one attached hydrogen (secondary N) is 1. The molecule has 3 aromatic rings. The Labute approximate surface area is 277 Å². The normalized spacial score (nSPS) is 19.4. The number of aliphatic carboxylic acids is 1.